The SMILES string of the molecule is O=C(Cn1ccc(=O)c2cc(Cl)ccc21)Nc1cc(F)cc(F)c1. The normalized spacial score (nSPS) is 10.8. The third-order valence-corrected chi connectivity index (χ3v) is 3.63. The molecule has 3 aromatic rings. The Kier molecular flexibility index (Phi) is 4.31. The summed E-state index contributed by atoms with van der Waals surface area (Å²) in [6.07, 6.45) is 1.48. The Bertz CT molecular complexity index is 981. The van der Waals surface area contributed by atoms with Crippen molar-refractivity contribution in [3.63, 3.8) is 0 Å². The maximum absolute atomic E-state index is 13.2. The molecule has 1 amide bonds. The summed E-state index contributed by atoms with van der Waals surface area (Å²) < 4.78 is 27.9. The maximum Gasteiger partial charge on any atom is 0.244 e. The molecule has 1 heterocycles. The van der Waals surface area contributed by atoms with Crippen molar-refractivity contribution in [1.29, 1.82) is 0 Å². The summed E-state index contributed by atoms with van der Waals surface area (Å²) in [6, 6.07) is 8.85. The summed E-state index contributed by atoms with van der Waals surface area (Å²) in [5.41, 5.74) is 0.342. The molecule has 7 heteroatoms. The molecule has 3 rings (SSSR count). The number of hydrogen-bond acceptors (Lipinski definition) is 2. The van der Waals surface area contributed by atoms with Crippen LogP contribution in [0.5, 0.6) is 0 Å². The van der Waals surface area contributed by atoms with Crippen molar-refractivity contribution in [3.05, 3.63) is 75.5 Å². The number of carbonyl (C=O) groups excluding carboxylic acids is 1. The van der Waals surface area contributed by atoms with E-state index in [2.05, 4.69) is 5.32 Å². The van der Waals surface area contributed by atoms with E-state index in [1.165, 1.54) is 18.3 Å². The predicted molar refractivity (Wildman–Crippen MR) is 88.2 cm³/mol. The summed E-state index contributed by atoms with van der Waals surface area (Å²) in [5, 5.41) is 3.22. The van der Waals surface area contributed by atoms with Gasteiger partial charge in [-0.15, -0.1) is 0 Å². The van der Waals surface area contributed by atoms with E-state index in [1.54, 1.807) is 16.7 Å². The van der Waals surface area contributed by atoms with Crippen LogP contribution >= 0.6 is 11.6 Å². The standard InChI is InChI=1S/C17H11ClF2N2O2/c18-10-1-2-15-14(5-10)16(23)3-4-22(15)9-17(24)21-13-7-11(19)6-12(20)8-13/h1-8H,9H2,(H,21,24). The molecule has 1 N–H and O–H groups in total. The molecule has 1 aromatic heterocycles. The highest BCUT2D eigenvalue weighted by Crippen LogP contribution is 2.17. The molecule has 0 aliphatic heterocycles. The van der Waals surface area contributed by atoms with Crippen molar-refractivity contribution in [2.24, 2.45) is 0 Å². The first-order chi connectivity index (χ1) is 11.4. The van der Waals surface area contributed by atoms with Crippen molar-refractivity contribution in [2.45, 2.75) is 6.54 Å². The summed E-state index contributed by atoms with van der Waals surface area (Å²) in [5.74, 6) is -2.05. The van der Waals surface area contributed by atoms with Gasteiger partial charge in [-0.25, -0.2) is 8.78 Å². The number of nitrogens with zero attached hydrogens (tertiary/aromatic N) is 1. The number of rotatable bonds is 3. The van der Waals surface area contributed by atoms with Crippen LogP contribution in [0.4, 0.5) is 14.5 Å². The van der Waals surface area contributed by atoms with Crippen LogP contribution in [0.2, 0.25) is 5.02 Å². The smallest absolute Gasteiger partial charge is 0.244 e. The highest BCUT2D eigenvalue weighted by Gasteiger charge is 2.09. The lowest BCUT2D eigenvalue weighted by molar-refractivity contribution is -0.116. The number of anilines is 1. The number of benzene rings is 2. The molecule has 0 unspecified atom stereocenters. The Labute approximate surface area is 140 Å². The van der Waals surface area contributed by atoms with Gasteiger partial charge in [0.25, 0.3) is 0 Å². The number of aromatic nitrogens is 1. The Morgan fingerprint density at radius 1 is 1.08 bits per heavy atom. The summed E-state index contributed by atoms with van der Waals surface area (Å²) in [4.78, 5) is 24.0. The topological polar surface area (TPSA) is 51.1 Å². The zero-order valence-corrected chi connectivity index (χ0v) is 13.0. The van der Waals surface area contributed by atoms with Gasteiger partial charge in [-0.05, 0) is 30.3 Å². The van der Waals surface area contributed by atoms with E-state index in [4.69, 9.17) is 11.6 Å². The lowest BCUT2D eigenvalue weighted by Crippen LogP contribution is -2.20. The molecule has 24 heavy (non-hydrogen) atoms. The monoisotopic (exact) mass is 348 g/mol. The van der Waals surface area contributed by atoms with Gasteiger partial charge in [0.05, 0.1) is 5.52 Å². The van der Waals surface area contributed by atoms with Crippen LogP contribution in [0.25, 0.3) is 10.9 Å². The minimum atomic E-state index is -0.784. The van der Waals surface area contributed by atoms with E-state index in [9.17, 15) is 18.4 Å². The van der Waals surface area contributed by atoms with Gasteiger partial charge in [0.2, 0.25) is 5.91 Å². The third-order valence-electron chi connectivity index (χ3n) is 3.40. The van der Waals surface area contributed by atoms with Crippen molar-refractivity contribution < 1.29 is 13.6 Å². The molecular formula is C17H11ClF2N2O2. The average Bonchev–Trinajstić information content (AvgIpc) is 2.49. The Morgan fingerprint density at radius 2 is 1.79 bits per heavy atom. The Balaban J connectivity index is 1.88. The summed E-state index contributed by atoms with van der Waals surface area (Å²) in [7, 11) is 0. The second-order valence-corrected chi connectivity index (χ2v) is 5.61. The van der Waals surface area contributed by atoms with Crippen LogP contribution in [0.1, 0.15) is 0 Å². The maximum atomic E-state index is 13.2. The Hall–Kier alpha value is -2.73. The quantitative estimate of drug-likeness (QED) is 0.786. The number of carbonyl (C=O) groups is 1. The van der Waals surface area contributed by atoms with E-state index in [-0.39, 0.29) is 17.7 Å². The molecule has 0 saturated carbocycles. The van der Waals surface area contributed by atoms with E-state index >= 15 is 0 Å². The molecule has 0 aliphatic carbocycles. The highest BCUT2D eigenvalue weighted by molar-refractivity contribution is 6.31. The van der Waals surface area contributed by atoms with Gasteiger partial charge in [-0.2, -0.15) is 0 Å². The van der Waals surface area contributed by atoms with E-state index < -0.39 is 17.5 Å². The van der Waals surface area contributed by atoms with Gasteiger partial charge < -0.3 is 9.88 Å². The highest BCUT2D eigenvalue weighted by atomic mass is 35.5. The van der Waals surface area contributed by atoms with Crippen LogP contribution in [0.3, 0.4) is 0 Å². The number of nitrogens with one attached hydrogen (secondary N) is 1. The fourth-order valence-corrected chi connectivity index (χ4v) is 2.58. The molecule has 0 aliphatic rings. The number of pyridine rings is 1. The van der Waals surface area contributed by atoms with E-state index in [0.29, 0.717) is 22.0 Å². The van der Waals surface area contributed by atoms with Crippen LogP contribution < -0.4 is 10.7 Å². The van der Waals surface area contributed by atoms with Gasteiger partial charge in [0, 0.05) is 34.4 Å². The zero-order chi connectivity index (χ0) is 17.3. The van der Waals surface area contributed by atoms with Gasteiger partial charge in [0.1, 0.15) is 18.2 Å². The molecule has 0 fully saturated rings. The molecule has 4 nitrogen and oxygen atoms in total. The first-order valence-electron chi connectivity index (χ1n) is 6.97. The van der Waals surface area contributed by atoms with Crippen molar-refractivity contribution in [3.8, 4) is 0 Å². The molecule has 122 valence electrons. The number of fused-ring (bicyclic) bond motifs is 1. The van der Waals surface area contributed by atoms with Gasteiger partial charge >= 0.3 is 0 Å². The molecule has 0 bridgehead atoms. The van der Waals surface area contributed by atoms with Gasteiger partial charge in [-0.3, -0.25) is 9.59 Å². The van der Waals surface area contributed by atoms with E-state index in [0.717, 1.165) is 12.1 Å². The molecule has 0 atom stereocenters. The van der Waals surface area contributed by atoms with Crippen LogP contribution in [-0.4, -0.2) is 10.5 Å². The summed E-state index contributed by atoms with van der Waals surface area (Å²) >= 11 is 5.89. The molecular weight excluding hydrogens is 338 g/mol. The second-order valence-electron chi connectivity index (χ2n) is 5.18. The van der Waals surface area contributed by atoms with Gasteiger partial charge in [0.15, 0.2) is 5.43 Å². The van der Waals surface area contributed by atoms with Gasteiger partial charge in [-0.1, -0.05) is 11.6 Å². The predicted octanol–water partition coefficient (Wildman–Crippen LogP) is 3.57. The first-order valence-corrected chi connectivity index (χ1v) is 7.35. The zero-order valence-electron chi connectivity index (χ0n) is 12.2. The molecule has 0 saturated heterocycles. The largest absolute Gasteiger partial charge is 0.338 e. The third kappa shape index (κ3) is 3.44. The number of halogens is 3. The number of hydrogen-bond donors (Lipinski definition) is 1. The fraction of sp³-hybridized carbons (Fsp3) is 0.0588. The lowest BCUT2D eigenvalue weighted by atomic mass is 10.2. The minimum Gasteiger partial charge on any atom is -0.338 e. The van der Waals surface area contributed by atoms with Crippen molar-refractivity contribution in [1.82, 2.24) is 4.57 Å². The van der Waals surface area contributed by atoms with Crippen molar-refractivity contribution in [2.75, 3.05) is 5.32 Å². The molecule has 0 radical (unpaired) electrons. The molecule has 0 spiro atoms. The Morgan fingerprint density at radius 3 is 2.50 bits per heavy atom. The van der Waals surface area contributed by atoms with Crippen LogP contribution in [0, 0.1) is 11.6 Å². The first kappa shape index (κ1) is 16.1. The summed E-state index contributed by atoms with van der Waals surface area (Å²) in [6.45, 7) is -0.128. The van der Waals surface area contributed by atoms with Crippen LogP contribution in [-0.2, 0) is 11.3 Å². The van der Waals surface area contributed by atoms with Crippen molar-refractivity contribution >= 4 is 34.1 Å². The average molecular weight is 349 g/mol. The fourth-order valence-electron chi connectivity index (χ4n) is 2.40. The van der Waals surface area contributed by atoms with E-state index in [1.807, 2.05) is 0 Å². The minimum absolute atomic E-state index is 0.0193. The number of amides is 1. The molecule has 2 aromatic carbocycles. The lowest BCUT2D eigenvalue weighted by Gasteiger charge is -2.11. The second kappa shape index (κ2) is 6.41. The van der Waals surface area contributed by atoms with Crippen LogP contribution in [0.15, 0.2) is 53.5 Å².